The zero-order valence-corrected chi connectivity index (χ0v) is 15.4. The third-order valence-electron chi connectivity index (χ3n) is 4.61. The maximum atomic E-state index is 12.4. The van der Waals surface area contributed by atoms with E-state index in [-0.39, 0.29) is 17.9 Å². The van der Waals surface area contributed by atoms with Crippen molar-refractivity contribution in [1.29, 1.82) is 0 Å². The summed E-state index contributed by atoms with van der Waals surface area (Å²) in [5.74, 6) is 0.400. The second-order valence-electron chi connectivity index (χ2n) is 6.62. The number of hydrogen-bond acceptors (Lipinski definition) is 3. The van der Waals surface area contributed by atoms with Gasteiger partial charge in [0.15, 0.2) is 0 Å². The molecule has 5 nitrogen and oxygen atoms in total. The van der Waals surface area contributed by atoms with E-state index < -0.39 is 0 Å². The topological polar surface area (TPSA) is 49.9 Å². The molecule has 5 heteroatoms. The molecule has 25 heavy (non-hydrogen) atoms. The van der Waals surface area contributed by atoms with E-state index in [0.29, 0.717) is 26.1 Å². The first-order chi connectivity index (χ1) is 12.2. The molecule has 0 radical (unpaired) electrons. The Hall–Kier alpha value is -2.04. The van der Waals surface area contributed by atoms with Crippen LogP contribution in [0.1, 0.15) is 46.0 Å². The molecule has 0 bridgehead atoms. The van der Waals surface area contributed by atoms with Crippen molar-refractivity contribution in [2.45, 2.75) is 46.0 Å². The molecule has 1 aromatic carbocycles. The van der Waals surface area contributed by atoms with Crippen LogP contribution in [0.15, 0.2) is 30.3 Å². The van der Waals surface area contributed by atoms with Crippen molar-refractivity contribution in [1.82, 2.24) is 4.90 Å². The number of nitrogens with zero attached hydrogens (tertiary/aromatic N) is 2. The molecule has 1 aliphatic rings. The number of piperidine rings is 1. The molecular weight excluding hydrogens is 316 g/mol. The highest BCUT2D eigenvalue weighted by molar-refractivity contribution is 5.93. The zero-order valence-electron chi connectivity index (χ0n) is 15.4. The minimum Gasteiger partial charge on any atom is -0.449 e. The molecule has 2 rings (SSSR count). The lowest BCUT2D eigenvalue weighted by Crippen LogP contribution is -2.45. The van der Waals surface area contributed by atoms with E-state index >= 15 is 0 Å². The average molecular weight is 346 g/mol. The van der Waals surface area contributed by atoms with E-state index in [4.69, 9.17) is 4.74 Å². The Morgan fingerprint density at radius 1 is 1.24 bits per heavy atom. The number of para-hydroxylation sites is 1. The van der Waals surface area contributed by atoms with Crippen LogP contribution in [0, 0.1) is 5.92 Å². The average Bonchev–Trinajstić information content (AvgIpc) is 2.66. The number of carbonyl (C=O) groups excluding carboxylic acids is 2. The monoisotopic (exact) mass is 346 g/mol. The first kappa shape index (κ1) is 19.3. The molecular formula is C20H30N2O3. The van der Waals surface area contributed by atoms with Gasteiger partial charge in [0.1, 0.15) is 0 Å². The fourth-order valence-electron chi connectivity index (χ4n) is 3.18. The lowest BCUT2D eigenvalue weighted by atomic mass is 9.97. The number of anilines is 1. The molecule has 0 unspecified atom stereocenters. The van der Waals surface area contributed by atoms with Gasteiger partial charge in [0, 0.05) is 31.7 Å². The highest BCUT2D eigenvalue weighted by atomic mass is 16.6. The summed E-state index contributed by atoms with van der Waals surface area (Å²) in [5, 5.41) is 0. The van der Waals surface area contributed by atoms with Crippen molar-refractivity contribution >= 4 is 17.7 Å². The van der Waals surface area contributed by atoms with Gasteiger partial charge in [-0.25, -0.2) is 4.79 Å². The third-order valence-corrected chi connectivity index (χ3v) is 4.61. The van der Waals surface area contributed by atoms with Crippen molar-refractivity contribution in [3.8, 4) is 0 Å². The number of rotatable bonds is 7. The van der Waals surface area contributed by atoms with Crippen LogP contribution in [0.25, 0.3) is 0 Å². The summed E-state index contributed by atoms with van der Waals surface area (Å²) < 4.78 is 5.33. The molecule has 1 saturated heterocycles. The van der Waals surface area contributed by atoms with Gasteiger partial charge in [-0.2, -0.15) is 0 Å². The number of hydrogen-bond donors (Lipinski definition) is 0. The van der Waals surface area contributed by atoms with Gasteiger partial charge in [0.2, 0.25) is 5.91 Å². The van der Waals surface area contributed by atoms with E-state index in [2.05, 4.69) is 6.92 Å². The highest BCUT2D eigenvalue weighted by Crippen LogP contribution is 2.22. The minimum absolute atomic E-state index is 0.119. The van der Waals surface area contributed by atoms with Gasteiger partial charge in [-0.1, -0.05) is 38.5 Å². The molecule has 1 atom stereocenters. The maximum Gasteiger partial charge on any atom is 0.409 e. The normalized spacial score (nSPS) is 17.2. The summed E-state index contributed by atoms with van der Waals surface area (Å²) in [4.78, 5) is 28.2. The molecule has 0 spiro atoms. The van der Waals surface area contributed by atoms with Crippen molar-refractivity contribution in [2.24, 2.45) is 5.92 Å². The van der Waals surface area contributed by atoms with Gasteiger partial charge in [-0.15, -0.1) is 0 Å². The van der Waals surface area contributed by atoms with Crippen LogP contribution < -0.4 is 4.90 Å². The smallest absolute Gasteiger partial charge is 0.409 e. The van der Waals surface area contributed by atoms with Gasteiger partial charge in [-0.3, -0.25) is 4.79 Å². The largest absolute Gasteiger partial charge is 0.449 e. The number of benzene rings is 1. The summed E-state index contributed by atoms with van der Waals surface area (Å²) in [6, 6.07) is 9.78. The molecule has 2 amide bonds. The molecule has 138 valence electrons. The van der Waals surface area contributed by atoms with E-state index in [9.17, 15) is 9.59 Å². The first-order valence-corrected chi connectivity index (χ1v) is 9.42. The van der Waals surface area contributed by atoms with Crippen molar-refractivity contribution in [2.75, 3.05) is 31.1 Å². The number of likely N-dealkylation sites (tertiary alicyclic amines) is 1. The second-order valence-corrected chi connectivity index (χ2v) is 6.62. The Kier molecular flexibility index (Phi) is 7.76. The van der Waals surface area contributed by atoms with E-state index in [1.165, 1.54) is 0 Å². The Morgan fingerprint density at radius 2 is 2.00 bits per heavy atom. The molecule has 0 saturated carbocycles. The Balaban J connectivity index is 1.97. The van der Waals surface area contributed by atoms with Gasteiger partial charge >= 0.3 is 6.09 Å². The van der Waals surface area contributed by atoms with Crippen molar-refractivity contribution < 1.29 is 14.3 Å². The molecule has 1 fully saturated rings. The fraction of sp³-hybridized carbons (Fsp3) is 0.600. The second kappa shape index (κ2) is 10.1. The van der Waals surface area contributed by atoms with Gasteiger partial charge < -0.3 is 14.5 Å². The molecule has 0 N–H and O–H groups in total. The molecule has 0 aromatic heterocycles. The Labute approximate surface area is 150 Å². The standard InChI is InChI=1S/C20H30N2O3/c1-3-5-14-25-20(24)21-13-9-10-17(15-21)16-22(19(23)4-2)18-11-7-6-8-12-18/h6-8,11-12,17H,3-5,9-10,13-16H2,1-2H3/t17-/m1/s1. The van der Waals surface area contributed by atoms with E-state index in [1.54, 1.807) is 4.90 Å². The zero-order chi connectivity index (χ0) is 18.1. The lowest BCUT2D eigenvalue weighted by Gasteiger charge is -2.35. The Morgan fingerprint density at radius 3 is 2.68 bits per heavy atom. The van der Waals surface area contributed by atoms with Crippen molar-refractivity contribution in [3.63, 3.8) is 0 Å². The van der Waals surface area contributed by atoms with E-state index in [1.807, 2.05) is 42.2 Å². The molecule has 1 aromatic rings. The van der Waals surface area contributed by atoms with Crippen LogP contribution in [0.5, 0.6) is 0 Å². The van der Waals surface area contributed by atoms with Gasteiger partial charge in [-0.05, 0) is 37.3 Å². The van der Waals surface area contributed by atoms with E-state index in [0.717, 1.165) is 37.9 Å². The maximum absolute atomic E-state index is 12.4. The third kappa shape index (κ3) is 5.76. The SMILES string of the molecule is CCCCOC(=O)N1CCC[C@@H](CN(C(=O)CC)c2ccccc2)C1. The van der Waals surface area contributed by atoms with Crippen LogP contribution in [0.2, 0.25) is 0 Å². The summed E-state index contributed by atoms with van der Waals surface area (Å²) in [6.07, 6.45) is 4.16. The van der Waals surface area contributed by atoms with Crippen LogP contribution in [-0.2, 0) is 9.53 Å². The lowest BCUT2D eigenvalue weighted by molar-refractivity contribution is -0.118. The highest BCUT2D eigenvalue weighted by Gasteiger charge is 2.27. The number of unbranched alkanes of at least 4 members (excludes halogenated alkanes) is 1. The summed E-state index contributed by atoms with van der Waals surface area (Å²) in [7, 11) is 0. The minimum atomic E-state index is -0.216. The summed E-state index contributed by atoms with van der Waals surface area (Å²) in [6.45, 7) is 6.50. The fourth-order valence-corrected chi connectivity index (χ4v) is 3.18. The van der Waals surface area contributed by atoms with Crippen LogP contribution in [0.4, 0.5) is 10.5 Å². The molecule has 1 aliphatic heterocycles. The molecule has 1 heterocycles. The Bertz CT molecular complexity index is 547. The summed E-state index contributed by atoms with van der Waals surface area (Å²) >= 11 is 0. The first-order valence-electron chi connectivity index (χ1n) is 9.42. The van der Waals surface area contributed by atoms with Crippen LogP contribution in [0.3, 0.4) is 0 Å². The number of ether oxygens (including phenoxy) is 1. The summed E-state index contributed by atoms with van der Waals surface area (Å²) in [5.41, 5.74) is 0.928. The predicted molar refractivity (Wildman–Crippen MR) is 99.6 cm³/mol. The molecule has 0 aliphatic carbocycles. The van der Waals surface area contributed by atoms with Crippen molar-refractivity contribution in [3.05, 3.63) is 30.3 Å². The predicted octanol–water partition coefficient (Wildman–Crippen LogP) is 4.08. The quantitative estimate of drug-likeness (QED) is 0.699. The van der Waals surface area contributed by atoms with Gasteiger partial charge in [0.25, 0.3) is 0 Å². The van der Waals surface area contributed by atoms with Gasteiger partial charge in [0.05, 0.1) is 6.61 Å². The number of amides is 2. The van der Waals surface area contributed by atoms with Crippen LogP contribution >= 0.6 is 0 Å². The van der Waals surface area contributed by atoms with Crippen LogP contribution in [-0.4, -0.2) is 43.1 Å². The number of carbonyl (C=O) groups is 2.